The molecule has 3 aromatic rings. The lowest BCUT2D eigenvalue weighted by Crippen LogP contribution is -3.00. The number of anilines is 1. The Labute approximate surface area is 165 Å². The molecule has 0 spiro atoms. The van der Waals surface area contributed by atoms with Crippen molar-refractivity contribution in [3.8, 4) is 0 Å². The van der Waals surface area contributed by atoms with Crippen LogP contribution in [0.3, 0.4) is 0 Å². The SMILES string of the molecule is Cc1ccc(C)c(NC(=O)C[n+]2ccc(C(=O)c3ccccc3)cc2)c1.[Cl-]. The summed E-state index contributed by atoms with van der Waals surface area (Å²) in [6.45, 7) is 4.14. The number of halogens is 1. The summed E-state index contributed by atoms with van der Waals surface area (Å²) in [6.07, 6.45) is 3.50. The van der Waals surface area contributed by atoms with Gasteiger partial charge in [0.2, 0.25) is 6.54 Å². The van der Waals surface area contributed by atoms with Crippen molar-refractivity contribution in [3.63, 3.8) is 0 Å². The number of nitrogens with one attached hydrogen (secondary N) is 1. The molecule has 0 atom stereocenters. The first-order chi connectivity index (χ1) is 12.5. The van der Waals surface area contributed by atoms with Crippen LogP contribution in [0.15, 0.2) is 73.1 Å². The Kier molecular flexibility index (Phi) is 6.85. The number of amides is 1. The quantitative estimate of drug-likeness (QED) is 0.516. The minimum Gasteiger partial charge on any atom is -1.00 e. The van der Waals surface area contributed by atoms with Crippen LogP contribution in [0.25, 0.3) is 0 Å². The van der Waals surface area contributed by atoms with E-state index in [1.165, 1.54) is 0 Å². The zero-order chi connectivity index (χ0) is 18.5. The lowest BCUT2D eigenvalue weighted by atomic mass is 10.0. The average molecular weight is 381 g/mol. The second-order valence-electron chi connectivity index (χ2n) is 6.32. The fourth-order valence-corrected chi connectivity index (χ4v) is 2.70. The van der Waals surface area contributed by atoms with Gasteiger partial charge in [-0.05, 0) is 31.0 Å². The maximum atomic E-state index is 12.4. The highest BCUT2D eigenvalue weighted by atomic mass is 35.5. The summed E-state index contributed by atoms with van der Waals surface area (Å²) in [7, 11) is 0. The van der Waals surface area contributed by atoms with Crippen LogP contribution in [0.1, 0.15) is 27.0 Å². The third-order valence-electron chi connectivity index (χ3n) is 4.18. The fraction of sp³-hybridized carbons (Fsp3) is 0.136. The maximum Gasteiger partial charge on any atom is 0.290 e. The molecule has 1 N–H and O–H groups in total. The van der Waals surface area contributed by atoms with Crippen molar-refractivity contribution in [3.05, 3.63) is 95.3 Å². The monoisotopic (exact) mass is 380 g/mol. The van der Waals surface area contributed by atoms with Gasteiger partial charge >= 0.3 is 0 Å². The van der Waals surface area contributed by atoms with E-state index in [1.54, 1.807) is 41.2 Å². The molecule has 3 rings (SSSR count). The Bertz CT molecular complexity index is 938. The third-order valence-corrected chi connectivity index (χ3v) is 4.18. The van der Waals surface area contributed by atoms with Crippen molar-refractivity contribution in [1.29, 1.82) is 0 Å². The van der Waals surface area contributed by atoms with Crippen LogP contribution >= 0.6 is 0 Å². The molecule has 0 saturated carbocycles. The van der Waals surface area contributed by atoms with Gasteiger partial charge in [0, 0.05) is 28.9 Å². The van der Waals surface area contributed by atoms with Gasteiger partial charge in [-0.3, -0.25) is 9.59 Å². The van der Waals surface area contributed by atoms with Gasteiger partial charge in [0.1, 0.15) is 0 Å². The summed E-state index contributed by atoms with van der Waals surface area (Å²) in [5, 5.41) is 2.94. The number of aryl methyl sites for hydroxylation is 2. The van der Waals surface area contributed by atoms with E-state index >= 15 is 0 Å². The van der Waals surface area contributed by atoms with Crippen LogP contribution in [0.4, 0.5) is 5.69 Å². The number of aromatic nitrogens is 1. The number of rotatable bonds is 5. The second kappa shape index (κ2) is 9.10. The summed E-state index contributed by atoms with van der Waals surface area (Å²) < 4.78 is 1.75. The molecule has 0 aliphatic carbocycles. The smallest absolute Gasteiger partial charge is 0.290 e. The summed E-state index contributed by atoms with van der Waals surface area (Å²) in [4.78, 5) is 24.7. The van der Waals surface area contributed by atoms with Gasteiger partial charge in [-0.15, -0.1) is 0 Å². The Hall–Kier alpha value is -2.98. The zero-order valence-corrected chi connectivity index (χ0v) is 16.0. The van der Waals surface area contributed by atoms with Crippen molar-refractivity contribution in [1.82, 2.24) is 0 Å². The molecule has 2 aromatic carbocycles. The molecule has 0 radical (unpaired) electrons. The van der Waals surface area contributed by atoms with Crippen molar-refractivity contribution in [2.45, 2.75) is 20.4 Å². The summed E-state index contributed by atoms with van der Waals surface area (Å²) in [5.74, 6) is -0.136. The lowest BCUT2D eigenvalue weighted by Gasteiger charge is -2.08. The topological polar surface area (TPSA) is 50.1 Å². The molecule has 0 aliphatic rings. The largest absolute Gasteiger partial charge is 1.00 e. The Morgan fingerprint density at radius 3 is 2.19 bits per heavy atom. The molecule has 4 nitrogen and oxygen atoms in total. The number of ketones is 1. The van der Waals surface area contributed by atoms with E-state index in [0.717, 1.165) is 16.8 Å². The third kappa shape index (κ3) is 5.25. The molecule has 1 amide bonds. The van der Waals surface area contributed by atoms with Crippen LogP contribution in [-0.2, 0) is 11.3 Å². The average Bonchev–Trinajstić information content (AvgIpc) is 2.65. The van der Waals surface area contributed by atoms with E-state index in [2.05, 4.69) is 5.32 Å². The molecule has 0 saturated heterocycles. The number of carbonyl (C=O) groups excluding carboxylic acids is 2. The van der Waals surface area contributed by atoms with Gasteiger partial charge in [-0.1, -0.05) is 42.5 Å². The van der Waals surface area contributed by atoms with Gasteiger partial charge in [0.25, 0.3) is 5.91 Å². The zero-order valence-electron chi connectivity index (χ0n) is 15.3. The number of nitrogens with zero attached hydrogens (tertiary/aromatic N) is 1. The lowest BCUT2D eigenvalue weighted by molar-refractivity contribution is -0.684. The molecular formula is C22H21ClN2O2. The second-order valence-corrected chi connectivity index (χ2v) is 6.32. The van der Waals surface area contributed by atoms with Crippen LogP contribution in [0, 0.1) is 13.8 Å². The number of benzene rings is 2. The molecular weight excluding hydrogens is 360 g/mol. The van der Waals surface area contributed by atoms with E-state index in [0.29, 0.717) is 11.1 Å². The predicted molar refractivity (Wildman–Crippen MR) is 101 cm³/mol. The summed E-state index contributed by atoms with van der Waals surface area (Å²) in [6, 6.07) is 18.6. The fourth-order valence-electron chi connectivity index (χ4n) is 2.70. The van der Waals surface area contributed by atoms with Gasteiger partial charge in [-0.25, -0.2) is 0 Å². The molecule has 1 heterocycles. The molecule has 27 heavy (non-hydrogen) atoms. The highest BCUT2D eigenvalue weighted by molar-refractivity contribution is 6.08. The minimum absolute atomic E-state index is 0. The van der Waals surface area contributed by atoms with Gasteiger partial charge in [-0.2, -0.15) is 4.57 Å². The van der Waals surface area contributed by atoms with E-state index in [9.17, 15) is 9.59 Å². The van der Waals surface area contributed by atoms with Crippen LogP contribution in [-0.4, -0.2) is 11.7 Å². The van der Waals surface area contributed by atoms with Crippen LogP contribution in [0.2, 0.25) is 0 Å². The predicted octanol–water partition coefficient (Wildman–Crippen LogP) is 0.465. The van der Waals surface area contributed by atoms with Crippen molar-refractivity contribution < 1.29 is 26.6 Å². The van der Waals surface area contributed by atoms with Crippen LogP contribution in [0.5, 0.6) is 0 Å². The highest BCUT2D eigenvalue weighted by Gasteiger charge is 2.13. The standard InChI is InChI=1S/C22H20N2O2.ClH/c1-16-8-9-17(2)20(14-16)23-21(25)15-24-12-10-19(11-13-24)22(26)18-6-4-3-5-7-18;/h3-14H,15H2,1-2H3;1H. The van der Waals surface area contributed by atoms with Crippen molar-refractivity contribution in [2.75, 3.05) is 5.32 Å². The minimum atomic E-state index is -0.106. The van der Waals surface area contributed by atoms with E-state index < -0.39 is 0 Å². The Morgan fingerprint density at radius 1 is 0.889 bits per heavy atom. The van der Waals surface area contributed by atoms with Crippen LogP contribution < -0.4 is 22.3 Å². The van der Waals surface area contributed by atoms with E-state index in [1.807, 2.05) is 50.2 Å². The number of carbonyl (C=O) groups is 2. The first-order valence-corrected chi connectivity index (χ1v) is 8.49. The van der Waals surface area contributed by atoms with Gasteiger partial charge in [0.05, 0.1) is 0 Å². The first kappa shape index (κ1) is 20.3. The molecule has 138 valence electrons. The van der Waals surface area contributed by atoms with Crippen molar-refractivity contribution >= 4 is 17.4 Å². The Morgan fingerprint density at radius 2 is 1.52 bits per heavy atom. The maximum absolute atomic E-state index is 12.4. The molecule has 0 aliphatic heterocycles. The van der Waals surface area contributed by atoms with E-state index in [-0.39, 0.29) is 30.6 Å². The molecule has 1 aromatic heterocycles. The molecule has 0 fully saturated rings. The number of hydrogen-bond acceptors (Lipinski definition) is 2. The highest BCUT2D eigenvalue weighted by Crippen LogP contribution is 2.16. The summed E-state index contributed by atoms with van der Waals surface area (Å²) in [5.41, 5.74) is 4.20. The first-order valence-electron chi connectivity index (χ1n) is 8.49. The molecule has 0 unspecified atom stereocenters. The van der Waals surface area contributed by atoms with Gasteiger partial charge in [0.15, 0.2) is 18.2 Å². The summed E-state index contributed by atoms with van der Waals surface area (Å²) >= 11 is 0. The normalized spacial score (nSPS) is 10.0. The van der Waals surface area contributed by atoms with Gasteiger partial charge < -0.3 is 17.7 Å². The number of hydrogen-bond donors (Lipinski definition) is 1. The Balaban J connectivity index is 0.00000261. The number of pyridine rings is 1. The van der Waals surface area contributed by atoms with E-state index in [4.69, 9.17) is 0 Å². The molecule has 0 bridgehead atoms. The molecule has 5 heteroatoms. The van der Waals surface area contributed by atoms with Crippen molar-refractivity contribution in [2.24, 2.45) is 0 Å².